The lowest BCUT2D eigenvalue weighted by Gasteiger charge is -2.26. The average Bonchev–Trinajstić information content (AvgIpc) is 3.52. The molecule has 0 spiro atoms. The van der Waals surface area contributed by atoms with E-state index in [-0.39, 0.29) is 77.3 Å². The summed E-state index contributed by atoms with van der Waals surface area (Å²) in [5.41, 5.74) is 2.22. The number of amidine groups is 1. The van der Waals surface area contributed by atoms with Crippen LogP contribution in [0.15, 0.2) is 28.8 Å². The number of halogens is 2. The number of aromatic nitrogens is 1. The molecule has 2 aromatic carbocycles. The molecule has 12 heteroatoms. The first-order valence-electron chi connectivity index (χ1n) is 14.0. The summed E-state index contributed by atoms with van der Waals surface area (Å²) in [6.45, 7) is 13.0. The fraction of sp³-hybridized carbons (Fsp3) is 0.452. The highest BCUT2D eigenvalue weighted by molar-refractivity contribution is 8.93. The van der Waals surface area contributed by atoms with E-state index in [0.717, 1.165) is 5.56 Å². The second-order valence-corrected chi connectivity index (χ2v) is 10.8. The van der Waals surface area contributed by atoms with E-state index in [1.165, 1.54) is 0 Å². The van der Waals surface area contributed by atoms with Crippen LogP contribution in [-0.4, -0.2) is 55.2 Å². The Morgan fingerprint density at radius 1 is 1.07 bits per heavy atom. The number of hydrogen-bond acceptors (Lipinski definition) is 9. The highest BCUT2D eigenvalue weighted by Gasteiger charge is 2.33. The molecule has 2 N–H and O–H groups in total. The number of carbonyl (C=O) groups excluding carboxylic acids is 1. The van der Waals surface area contributed by atoms with Crippen LogP contribution in [0.2, 0.25) is 0 Å². The van der Waals surface area contributed by atoms with Gasteiger partial charge in [0.2, 0.25) is 0 Å². The fourth-order valence-electron chi connectivity index (χ4n) is 4.90. The second kappa shape index (κ2) is 14.1. The van der Waals surface area contributed by atoms with Crippen LogP contribution < -0.4 is 24.3 Å². The van der Waals surface area contributed by atoms with Crippen molar-refractivity contribution in [2.45, 2.75) is 60.0 Å². The number of ether oxygens (including phenoxy) is 4. The Morgan fingerprint density at radius 2 is 1.77 bits per heavy atom. The molecule has 2 heterocycles. The highest BCUT2D eigenvalue weighted by atomic mass is 79.9. The summed E-state index contributed by atoms with van der Waals surface area (Å²) in [7, 11) is 1.59. The van der Waals surface area contributed by atoms with Gasteiger partial charge >= 0.3 is 0 Å². The van der Waals surface area contributed by atoms with E-state index >= 15 is 4.39 Å². The molecule has 1 aliphatic heterocycles. The van der Waals surface area contributed by atoms with Crippen molar-refractivity contribution in [1.82, 2.24) is 10.1 Å². The third-order valence-corrected chi connectivity index (χ3v) is 6.81. The summed E-state index contributed by atoms with van der Waals surface area (Å²) in [5, 5.41) is 15.9. The number of anilines is 1. The Labute approximate surface area is 262 Å². The van der Waals surface area contributed by atoms with Crippen molar-refractivity contribution >= 4 is 34.3 Å². The maximum Gasteiger partial charge on any atom is 0.254 e. The first-order chi connectivity index (χ1) is 20.0. The lowest BCUT2D eigenvalue weighted by molar-refractivity contribution is 0.0962. The van der Waals surface area contributed by atoms with Gasteiger partial charge < -0.3 is 33.7 Å². The van der Waals surface area contributed by atoms with E-state index in [0.29, 0.717) is 47.4 Å². The molecule has 0 saturated carbocycles. The molecule has 10 nitrogen and oxygen atoms in total. The van der Waals surface area contributed by atoms with Crippen molar-refractivity contribution in [2.75, 3.05) is 38.8 Å². The van der Waals surface area contributed by atoms with Crippen molar-refractivity contribution < 1.29 is 32.7 Å². The van der Waals surface area contributed by atoms with E-state index in [2.05, 4.69) is 10.5 Å². The zero-order valence-electron chi connectivity index (χ0n) is 25.7. The number of benzene rings is 2. The van der Waals surface area contributed by atoms with Crippen LogP contribution in [-0.2, 0) is 18.5 Å². The summed E-state index contributed by atoms with van der Waals surface area (Å²) >= 11 is 0. The summed E-state index contributed by atoms with van der Waals surface area (Å²) in [6.07, 6.45) is 0. The van der Waals surface area contributed by atoms with Gasteiger partial charge in [-0.1, -0.05) is 20.8 Å². The van der Waals surface area contributed by atoms with E-state index in [4.69, 9.17) is 28.9 Å². The molecule has 234 valence electrons. The number of hydrogen-bond donors (Lipinski definition) is 2. The van der Waals surface area contributed by atoms with Gasteiger partial charge in [0.05, 0.1) is 51.3 Å². The summed E-state index contributed by atoms with van der Waals surface area (Å²) in [5.74, 6) is 0.887. The number of ketones is 1. The van der Waals surface area contributed by atoms with Gasteiger partial charge in [-0.3, -0.25) is 10.2 Å². The monoisotopic (exact) mass is 662 g/mol. The number of nitrogens with zero attached hydrogens (tertiary/aromatic N) is 2. The quantitative estimate of drug-likeness (QED) is 0.197. The van der Waals surface area contributed by atoms with Gasteiger partial charge in [0.1, 0.15) is 11.6 Å². The lowest BCUT2D eigenvalue weighted by atomic mass is 9.84. The molecule has 4 rings (SSSR count). The zero-order valence-corrected chi connectivity index (χ0v) is 27.4. The predicted molar refractivity (Wildman–Crippen MR) is 167 cm³/mol. The molecule has 43 heavy (non-hydrogen) atoms. The second-order valence-electron chi connectivity index (χ2n) is 10.8. The van der Waals surface area contributed by atoms with Gasteiger partial charge in [-0.2, -0.15) is 0 Å². The molecule has 0 saturated heterocycles. The fourth-order valence-corrected chi connectivity index (χ4v) is 4.90. The average molecular weight is 664 g/mol. The predicted octanol–water partition coefficient (Wildman–Crippen LogP) is 6.53. The summed E-state index contributed by atoms with van der Waals surface area (Å²) in [6, 6.07) is 6.94. The van der Waals surface area contributed by atoms with Crippen LogP contribution in [0.1, 0.15) is 74.4 Å². The van der Waals surface area contributed by atoms with Crippen LogP contribution in [0.5, 0.6) is 23.1 Å². The Balaban J connectivity index is 0.00000506. The standard InChI is InChI=1S/C31H39FN4O6.BrH/c1-8-39-24-13-19-16-36(30(33)26(19)27(32)29(24)41-10-3)17-23(37)18-11-21(31(4,5)6)28(38-7)22(12-18)34-15-20-14-25(35-42-20)40-9-2;/h11-14,33-34H,8-10,15-17H2,1-7H3;1H. The zero-order chi connectivity index (χ0) is 30.6. The normalized spacial score (nSPS) is 12.5. The van der Waals surface area contributed by atoms with Gasteiger partial charge in [-0.05, 0) is 55.1 Å². The smallest absolute Gasteiger partial charge is 0.254 e. The Bertz CT molecular complexity index is 1470. The van der Waals surface area contributed by atoms with Gasteiger partial charge in [-0.15, -0.1) is 17.0 Å². The molecule has 0 unspecified atom stereocenters. The molecule has 0 amide bonds. The minimum Gasteiger partial charge on any atom is -0.494 e. The number of rotatable bonds is 13. The number of methoxy groups -OCH3 is 1. The number of Topliss-reactive ketones (excluding diaryl/α,β-unsaturated/α-hetero) is 1. The van der Waals surface area contributed by atoms with Crippen molar-refractivity contribution in [3.63, 3.8) is 0 Å². The molecule has 1 aromatic heterocycles. The molecule has 3 aromatic rings. The van der Waals surface area contributed by atoms with E-state index in [1.54, 1.807) is 44.1 Å². The van der Waals surface area contributed by atoms with Gasteiger partial charge in [0.15, 0.2) is 28.9 Å². The van der Waals surface area contributed by atoms with E-state index in [9.17, 15) is 4.79 Å². The topological polar surface area (TPSA) is 119 Å². The number of nitrogens with one attached hydrogen (secondary N) is 2. The minimum absolute atomic E-state index is 0. The van der Waals surface area contributed by atoms with Crippen LogP contribution in [0, 0.1) is 11.2 Å². The van der Waals surface area contributed by atoms with E-state index in [1.807, 2.05) is 33.8 Å². The SMILES string of the molecule is Br.CCOc1cc(CNc2cc(C(=O)CN3Cc4cc(OCC)c(OCC)c(F)c4C3=N)cc(C(C)(C)C)c2OC)on1. The Morgan fingerprint density at radius 3 is 2.40 bits per heavy atom. The summed E-state index contributed by atoms with van der Waals surface area (Å²) in [4.78, 5) is 15.3. The third kappa shape index (κ3) is 7.23. The number of fused-ring (bicyclic) bond motifs is 1. The molecule has 0 fully saturated rings. The third-order valence-electron chi connectivity index (χ3n) is 6.81. The van der Waals surface area contributed by atoms with Crippen molar-refractivity contribution in [2.24, 2.45) is 0 Å². The number of carbonyl (C=O) groups is 1. The van der Waals surface area contributed by atoms with Crippen molar-refractivity contribution in [3.05, 3.63) is 58.1 Å². The lowest BCUT2D eigenvalue weighted by Crippen LogP contribution is -2.30. The highest BCUT2D eigenvalue weighted by Crippen LogP contribution is 2.41. The van der Waals surface area contributed by atoms with Gasteiger partial charge in [0.25, 0.3) is 5.88 Å². The van der Waals surface area contributed by atoms with Gasteiger partial charge in [0, 0.05) is 23.7 Å². The Kier molecular flexibility index (Phi) is 11.1. The molecular formula is C31H40BrFN4O6. The first-order valence-corrected chi connectivity index (χ1v) is 14.0. The molecule has 0 bridgehead atoms. The Hall–Kier alpha value is -3.80. The van der Waals surface area contributed by atoms with Gasteiger partial charge in [-0.25, -0.2) is 4.39 Å². The van der Waals surface area contributed by atoms with Crippen molar-refractivity contribution in [1.29, 1.82) is 5.41 Å². The molecule has 0 atom stereocenters. The maximum atomic E-state index is 15.5. The molecule has 1 aliphatic rings. The van der Waals surface area contributed by atoms with Crippen LogP contribution in [0.3, 0.4) is 0 Å². The largest absolute Gasteiger partial charge is 0.494 e. The molecule has 0 radical (unpaired) electrons. The molecular weight excluding hydrogens is 623 g/mol. The van der Waals surface area contributed by atoms with Crippen LogP contribution in [0.4, 0.5) is 10.1 Å². The summed E-state index contributed by atoms with van der Waals surface area (Å²) < 4.78 is 43.1. The van der Waals surface area contributed by atoms with Crippen molar-refractivity contribution in [3.8, 4) is 23.1 Å². The van der Waals surface area contributed by atoms with E-state index < -0.39 is 5.82 Å². The van der Waals surface area contributed by atoms with Crippen LogP contribution in [0.25, 0.3) is 0 Å². The molecule has 0 aliphatic carbocycles. The first kappa shape index (κ1) is 33.7. The maximum absolute atomic E-state index is 15.5. The van der Waals surface area contributed by atoms with Crippen LogP contribution >= 0.6 is 17.0 Å². The minimum atomic E-state index is -0.649.